The molecule has 3 fully saturated rings. The number of methoxy groups -OCH3 is 1. The minimum Gasteiger partial charge on any atom is -0.504 e. The van der Waals surface area contributed by atoms with Gasteiger partial charge in [-0.2, -0.15) is 23.2 Å². The van der Waals surface area contributed by atoms with E-state index < -0.39 is 82.1 Å². The molecule has 6 atom stereocenters. The molecule has 294 valence electrons. The van der Waals surface area contributed by atoms with Crippen molar-refractivity contribution < 1.29 is 46.6 Å². The van der Waals surface area contributed by atoms with E-state index >= 15 is 4.79 Å². The number of fused-ring (bicyclic) bond motifs is 4. The van der Waals surface area contributed by atoms with Crippen molar-refractivity contribution in [2.45, 2.75) is 30.4 Å². The van der Waals surface area contributed by atoms with Crippen LogP contribution >= 0.6 is 23.2 Å². The first-order chi connectivity index (χ1) is 27.1. The number of allylic oxidation sites excluding steroid dienone is 2. The predicted octanol–water partition coefficient (Wildman–Crippen LogP) is 7.30. The lowest BCUT2D eigenvalue weighted by molar-refractivity contribution is -0.142. The standard InChI is InChI=1S/C40H31Cl2F4N5O6/c1-49(34-28(42)16-17-30(47-34)40(44,45)46)51-35(53)24-15-14-23-26(31(24)37(51)55)18-27-36(54)50(48-22-12-10-21(43)11-13-22)38(56)39(27,19-6-8-20(41)9-7-19)32(23)25-4-3-5-29(57-2)33(25)52/h3-14,16-17,24,26-27,31-32,48,52H,15,18H2,1-2H3/t24-,26+,27-,31-,32+,39+/m0/s1. The van der Waals surface area contributed by atoms with Crippen LogP contribution in [0, 0.1) is 29.5 Å². The van der Waals surface area contributed by atoms with Crippen molar-refractivity contribution in [2.24, 2.45) is 23.7 Å². The quantitative estimate of drug-likeness (QED) is 0.112. The molecule has 3 aromatic carbocycles. The summed E-state index contributed by atoms with van der Waals surface area (Å²) >= 11 is 12.6. The average molecular weight is 825 g/mol. The lowest BCUT2D eigenvalue weighted by Crippen LogP contribution is -2.53. The number of phenolic OH excluding ortho intramolecular Hbond substituents is 1. The van der Waals surface area contributed by atoms with E-state index in [2.05, 4.69) is 10.4 Å². The van der Waals surface area contributed by atoms with Gasteiger partial charge in [0.15, 0.2) is 17.3 Å². The molecule has 4 amide bonds. The van der Waals surface area contributed by atoms with Crippen molar-refractivity contribution >= 4 is 58.3 Å². The van der Waals surface area contributed by atoms with Crippen molar-refractivity contribution in [1.29, 1.82) is 0 Å². The summed E-state index contributed by atoms with van der Waals surface area (Å²) in [5.74, 6) is -9.63. The van der Waals surface area contributed by atoms with Gasteiger partial charge in [0.1, 0.15) is 11.5 Å². The Bertz CT molecular complexity index is 2380. The maximum atomic E-state index is 15.3. The number of aromatic nitrogens is 1. The normalized spacial score (nSPS) is 25.5. The van der Waals surface area contributed by atoms with Crippen molar-refractivity contribution in [3.05, 3.63) is 123 Å². The Labute approximate surface area is 332 Å². The SMILES string of the molecule is COc1cccc([C@H]2C3=CC[C@@H]4C(=O)N(N(C)c5nc(C(F)(F)F)ccc5Cl)C(=O)[C@@H]4[C@@H]3C[C@H]3C(=O)N(Nc4ccc(F)cc4)C(=O)[C@@]23c2ccc(Cl)cc2)c1O. The van der Waals surface area contributed by atoms with Gasteiger partial charge < -0.3 is 9.84 Å². The first-order valence-corrected chi connectivity index (χ1v) is 18.4. The topological polar surface area (TPSA) is 132 Å². The van der Waals surface area contributed by atoms with Gasteiger partial charge in [-0.3, -0.25) is 29.6 Å². The van der Waals surface area contributed by atoms with Crippen LogP contribution < -0.4 is 15.2 Å². The number of para-hydroxylation sites is 1. The number of hydrazine groups is 2. The Hall–Kier alpha value is -5.67. The number of carbonyl (C=O) groups is 4. The number of alkyl halides is 3. The monoisotopic (exact) mass is 823 g/mol. The highest BCUT2D eigenvalue weighted by molar-refractivity contribution is 6.33. The van der Waals surface area contributed by atoms with Crippen LogP contribution in [0.15, 0.2) is 90.5 Å². The summed E-state index contributed by atoms with van der Waals surface area (Å²) in [6.45, 7) is 0. The molecular weight excluding hydrogens is 793 g/mol. The molecule has 4 aromatic rings. The van der Waals surface area contributed by atoms with Crippen LogP contribution in [-0.4, -0.2) is 57.9 Å². The average Bonchev–Trinajstić information content (AvgIpc) is 3.56. The molecule has 0 bridgehead atoms. The summed E-state index contributed by atoms with van der Waals surface area (Å²) in [6, 6.07) is 17.7. The van der Waals surface area contributed by atoms with Gasteiger partial charge in [0, 0.05) is 23.6 Å². The molecule has 3 heterocycles. The molecule has 11 nitrogen and oxygen atoms in total. The lowest BCUT2D eigenvalue weighted by Gasteiger charge is -2.50. The number of pyridine rings is 1. The summed E-state index contributed by atoms with van der Waals surface area (Å²) in [4.78, 5) is 62.5. The van der Waals surface area contributed by atoms with Crippen molar-refractivity contribution in [3.63, 3.8) is 0 Å². The third-order valence-electron chi connectivity index (χ3n) is 11.5. The van der Waals surface area contributed by atoms with Gasteiger partial charge in [0.05, 0.1) is 41.0 Å². The number of ether oxygens (including phenoxy) is 1. The highest BCUT2D eigenvalue weighted by atomic mass is 35.5. The largest absolute Gasteiger partial charge is 0.504 e. The Morgan fingerprint density at radius 2 is 1.63 bits per heavy atom. The molecular formula is C40H31Cl2F4N5O6. The molecule has 2 saturated heterocycles. The molecule has 4 aliphatic rings. The van der Waals surface area contributed by atoms with E-state index in [1.165, 1.54) is 32.4 Å². The summed E-state index contributed by atoms with van der Waals surface area (Å²) < 4.78 is 60.5. The van der Waals surface area contributed by atoms with E-state index in [0.29, 0.717) is 22.2 Å². The molecule has 2 aliphatic heterocycles. The van der Waals surface area contributed by atoms with Crippen LogP contribution in [0.1, 0.15) is 35.6 Å². The molecule has 8 rings (SSSR count). The van der Waals surface area contributed by atoms with Crippen LogP contribution in [0.25, 0.3) is 0 Å². The number of hydrogen-bond donors (Lipinski definition) is 2. The van der Waals surface area contributed by atoms with Gasteiger partial charge in [0.2, 0.25) is 0 Å². The number of carbonyl (C=O) groups excluding carboxylic acids is 4. The van der Waals surface area contributed by atoms with Crippen LogP contribution in [-0.2, 0) is 30.8 Å². The Kier molecular flexibility index (Phi) is 9.23. The Morgan fingerprint density at radius 3 is 2.30 bits per heavy atom. The van der Waals surface area contributed by atoms with Crippen molar-refractivity contribution in [1.82, 2.24) is 15.0 Å². The van der Waals surface area contributed by atoms with E-state index in [4.69, 9.17) is 27.9 Å². The molecule has 0 unspecified atom stereocenters. The van der Waals surface area contributed by atoms with Gasteiger partial charge in [-0.25, -0.2) is 9.37 Å². The molecule has 1 aromatic heterocycles. The fraction of sp³-hybridized carbons (Fsp3) is 0.275. The molecule has 0 spiro atoms. The predicted molar refractivity (Wildman–Crippen MR) is 198 cm³/mol. The zero-order valence-corrected chi connectivity index (χ0v) is 31.4. The van der Waals surface area contributed by atoms with Gasteiger partial charge in [-0.05, 0) is 78.9 Å². The second-order valence-electron chi connectivity index (χ2n) is 14.3. The fourth-order valence-electron chi connectivity index (χ4n) is 9.13. The van der Waals surface area contributed by atoms with Crippen LogP contribution in [0.5, 0.6) is 11.5 Å². The second kappa shape index (κ2) is 13.8. The number of aromatic hydroxyl groups is 1. The number of nitrogens with one attached hydrogen (secondary N) is 1. The van der Waals surface area contributed by atoms with Gasteiger partial charge in [0.25, 0.3) is 23.6 Å². The first-order valence-electron chi connectivity index (χ1n) is 17.7. The number of anilines is 2. The highest BCUT2D eigenvalue weighted by Gasteiger charge is 2.71. The highest BCUT2D eigenvalue weighted by Crippen LogP contribution is 2.65. The molecule has 0 radical (unpaired) electrons. The van der Waals surface area contributed by atoms with E-state index in [9.17, 15) is 37.1 Å². The number of imide groups is 2. The molecule has 2 aliphatic carbocycles. The summed E-state index contributed by atoms with van der Waals surface area (Å²) in [6.07, 6.45) is -3.28. The number of rotatable bonds is 7. The van der Waals surface area contributed by atoms with E-state index in [1.54, 1.807) is 42.5 Å². The summed E-state index contributed by atoms with van der Waals surface area (Å²) in [5, 5.41) is 14.4. The van der Waals surface area contributed by atoms with Crippen molar-refractivity contribution in [3.8, 4) is 11.5 Å². The minimum absolute atomic E-state index is 0.0303. The molecule has 17 heteroatoms. The number of halogens is 6. The molecule has 57 heavy (non-hydrogen) atoms. The fourth-order valence-corrected chi connectivity index (χ4v) is 9.48. The maximum Gasteiger partial charge on any atom is 0.433 e. The maximum absolute atomic E-state index is 15.3. The van der Waals surface area contributed by atoms with Crippen molar-refractivity contribution in [2.75, 3.05) is 24.6 Å². The van der Waals surface area contributed by atoms with Crippen LogP contribution in [0.3, 0.4) is 0 Å². The third-order valence-corrected chi connectivity index (χ3v) is 12.1. The van der Waals surface area contributed by atoms with E-state index in [0.717, 1.165) is 33.2 Å². The van der Waals surface area contributed by atoms with Crippen LogP contribution in [0.4, 0.5) is 29.1 Å². The number of nitrogens with zero attached hydrogens (tertiary/aromatic N) is 4. The molecule has 1 saturated carbocycles. The lowest BCUT2D eigenvalue weighted by atomic mass is 9.49. The first kappa shape index (κ1) is 38.2. The zero-order valence-electron chi connectivity index (χ0n) is 29.9. The van der Waals surface area contributed by atoms with Gasteiger partial charge in [-0.1, -0.05) is 59.1 Å². The van der Waals surface area contributed by atoms with E-state index in [-0.39, 0.29) is 40.6 Å². The molecule has 2 N–H and O–H groups in total. The second-order valence-corrected chi connectivity index (χ2v) is 15.1. The Morgan fingerprint density at radius 1 is 0.930 bits per heavy atom. The number of amides is 4. The van der Waals surface area contributed by atoms with Gasteiger partial charge in [-0.15, -0.1) is 0 Å². The number of phenols is 1. The summed E-state index contributed by atoms with van der Waals surface area (Å²) in [7, 11) is 2.56. The van der Waals surface area contributed by atoms with Gasteiger partial charge >= 0.3 is 6.18 Å². The third kappa shape index (κ3) is 5.80. The number of hydrogen-bond acceptors (Lipinski definition) is 9. The minimum atomic E-state index is -4.85. The smallest absolute Gasteiger partial charge is 0.433 e. The zero-order chi connectivity index (χ0) is 40.7. The summed E-state index contributed by atoms with van der Waals surface area (Å²) in [5.41, 5.74) is 1.03. The Balaban J connectivity index is 1.30. The van der Waals surface area contributed by atoms with Crippen LogP contribution in [0.2, 0.25) is 10.0 Å². The van der Waals surface area contributed by atoms with E-state index in [1.807, 2.05) is 0 Å². The number of benzene rings is 3.